The summed E-state index contributed by atoms with van der Waals surface area (Å²) in [6.45, 7) is 6.66. The second-order valence-electron chi connectivity index (χ2n) is 9.43. The van der Waals surface area contributed by atoms with Gasteiger partial charge in [0.1, 0.15) is 28.4 Å². The van der Waals surface area contributed by atoms with Crippen LogP contribution in [0.1, 0.15) is 73.9 Å². The zero-order chi connectivity index (χ0) is 21.5. The highest BCUT2D eigenvalue weighted by Crippen LogP contribution is 2.58. The highest BCUT2D eigenvalue weighted by atomic mass is 16.5. The summed E-state index contributed by atoms with van der Waals surface area (Å²) < 4.78 is 12.1. The van der Waals surface area contributed by atoms with Crippen LogP contribution < -0.4 is 9.47 Å². The summed E-state index contributed by atoms with van der Waals surface area (Å²) in [6.07, 6.45) is 3.94. The highest BCUT2D eigenvalue weighted by molar-refractivity contribution is 6.02. The predicted molar refractivity (Wildman–Crippen MR) is 118 cm³/mol. The number of fused-ring (bicyclic) bond motifs is 4. The molecule has 160 valence electrons. The standard InChI is InChI=1S/C26H32O4/c1-16(2)18-12-13-26(3)15-19(18)23-22(29-4)14-21(28)24(25(23)30-26)20(27)11-10-17-8-6-5-7-9-17/h5-9,14,16,18-19,28H,10-13,15H2,1-4H3/t18-,19+,26+/m1/s1. The first-order chi connectivity index (χ1) is 14.3. The molecular formula is C26H32O4. The first-order valence-corrected chi connectivity index (χ1v) is 11.0. The third-order valence-electron chi connectivity index (χ3n) is 6.99. The Labute approximate surface area is 179 Å². The first-order valence-electron chi connectivity index (χ1n) is 11.0. The number of aromatic hydroxyl groups is 1. The van der Waals surface area contributed by atoms with Gasteiger partial charge in [0.15, 0.2) is 5.78 Å². The second kappa shape index (κ2) is 7.98. The van der Waals surface area contributed by atoms with Gasteiger partial charge in [0.2, 0.25) is 0 Å². The van der Waals surface area contributed by atoms with Gasteiger partial charge in [-0.1, -0.05) is 44.2 Å². The molecule has 0 unspecified atom stereocenters. The van der Waals surface area contributed by atoms with Crippen molar-refractivity contribution >= 4 is 5.78 Å². The van der Waals surface area contributed by atoms with E-state index in [1.807, 2.05) is 30.3 Å². The maximum Gasteiger partial charge on any atom is 0.170 e. The number of rotatable bonds is 6. The smallest absolute Gasteiger partial charge is 0.170 e. The van der Waals surface area contributed by atoms with Crippen molar-refractivity contribution in [2.75, 3.05) is 7.11 Å². The van der Waals surface area contributed by atoms with Crippen molar-refractivity contribution in [1.29, 1.82) is 0 Å². The van der Waals surface area contributed by atoms with E-state index in [2.05, 4.69) is 20.8 Å². The fraction of sp³-hybridized carbons (Fsp3) is 0.500. The number of phenolic OH excluding ortho intramolecular Hbond substituents is 1. The number of hydrogen-bond donors (Lipinski definition) is 1. The van der Waals surface area contributed by atoms with E-state index >= 15 is 0 Å². The molecule has 4 rings (SSSR count). The molecular weight excluding hydrogens is 376 g/mol. The molecule has 1 fully saturated rings. The van der Waals surface area contributed by atoms with Crippen molar-refractivity contribution in [1.82, 2.24) is 0 Å². The van der Waals surface area contributed by atoms with Crippen molar-refractivity contribution in [3.05, 3.63) is 53.1 Å². The summed E-state index contributed by atoms with van der Waals surface area (Å²) in [5, 5.41) is 10.8. The number of aryl methyl sites for hydroxylation is 1. The van der Waals surface area contributed by atoms with Crippen LogP contribution in [0.2, 0.25) is 0 Å². The Balaban J connectivity index is 1.76. The van der Waals surface area contributed by atoms with E-state index in [4.69, 9.17) is 9.47 Å². The van der Waals surface area contributed by atoms with Crippen LogP contribution in [0.5, 0.6) is 17.2 Å². The Morgan fingerprint density at radius 2 is 2.03 bits per heavy atom. The molecule has 30 heavy (non-hydrogen) atoms. The lowest BCUT2D eigenvalue weighted by molar-refractivity contribution is -0.00940. The van der Waals surface area contributed by atoms with E-state index in [0.29, 0.717) is 41.7 Å². The van der Waals surface area contributed by atoms with Gasteiger partial charge in [0, 0.05) is 18.1 Å². The van der Waals surface area contributed by atoms with Gasteiger partial charge in [-0.3, -0.25) is 4.79 Å². The Bertz CT molecular complexity index is 934. The molecule has 3 atom stereocenters. The molecule has 2 aromatic rings. The van der Waals surface area contributed by atoms with E-state index in [-0.39, 0.29) is 23.1 Å². The van der Waals surface area contributed by atoms with Crippen molar-refractivity contribution < 1.29 is 19.4 Å². The molecule has 2 aliphatic rings. The number of phenols is 1. The monoisotopic (exact) mass is 408 g/mol. The number of hydrogen-bond acceptors (Lipinski definition) is 4. The minimum atomic E-state index is -0.309. The van der Waals surface area contributed by atoms with Crippen LogP contribution in [-0.4, -0.2) is 23.6 Å². The van der Waals surface area contributed by atoms with Crippen LogP contribution in [0.4, 0.5) is 0 Å². The Hall–Kier alpha value is -2.49. The zero-order valence-corrected chi connectivity index (χ0v) is 18.4. The zero-order valence-electron chi connectivity index (χ0n) is 18.4. The molecule has 1 heterocycles. The number of benzene rings is 2. The molecule has 2 aromatic carbocycles. The molecule has 0 aromatic heterocycles. The topological polar surface area (TPSA) is 55.8 Å². The summed E-state index contributed by atoms with van der Waals surface area (Å²) in [4.78, 5) is 13.3. The summed E-state index contributed by atoms with van der Waals surface area (Å²) in [7, 11) is 1.62. The minimum Gasteiger partial charge on any atom is -0.507 e. The number of carbonyl (C=O) groups excluding carboxylic acids is 1. The van der Waals surface area contributed by atoms with Crippen molar-refractivity contribution in [2.45, 2.75) is 64.4 Å². The maximum atomic E-state index is 13.3. The van der Waals surface area contributed by atoms with E-state index < -0.39 is 0 Å². The van der Waals surface area contributed by atoms with Crippen LogP contribution in [0.3, 0.4) is 0 Å². The normalized spacial score (nSPS) is 24.8. The fourth-order valence-corrected chi connectivity index (χ4v) is 5.40. The van der Waals surface area contributed by atoms with Gasteiger partial charge in [0.05, 0.1) is 7.11 Å². The lowest BCUT2D eigenvalue weighted by Crippen LogP contribution is -2.45. The summed E-state index contributed by atoms with van der Waals surface area (Å²) in [6, 6.07) is 11.6. The van der Waals surface area contributed by atoms with E-state index in [0.717, 1.165) is 30.4 Å². The lowest BCUT2D eigenvalue weighted by atomic mass is 9.64. The molecule has 1 N–H and O–H groups in total. The summed E-state index contributed by atoms with van der Waals surface area (Å²) >= 11 is 0. The van der Waals surface area contributed by atoms with Crippen LogP contribution in [0, 0.1) is 11.8 Å². The molecule has 1 aliphatic carbocycles. The molecule has 1 saturated carbocycles. The van der Waals surface area contributed by atoms with Gasteiger partial charge in [-0.05, 0) is 55.9 Å². The number of Topliss-reactive ketones (excluding diaryl/α,β-unsaturated/α-hetero) is 1. The van der Waals surface area contributed by atoms with Crippen molar-refractivity contribution in [3.63, 3.8) is 0 Å². The minimum absolute atomic E-state index is 0.0478. The SMILES string of the molecule is COc1cc(O)c(C(=O)CCc2ccccc2)c2c1[C@H]1C[C@](C)(CC[C@@H]1C(C)C)O2. The average Bonchev–Trinajstić information content (AvgIpc) is 2.71. The van der Waals surface area contributed by atoms with Gasteiger partial charge in [0.25, 0.3) is 0 Å². The first kappa shape index (κ1) is 20.8. The quantitative estimate of drug-likeness (QED) is 0.604. The van der Waals surface area contributed by atoms with E-state index in [9.17, 15) is 9.90 Å². The Morgan fingerprint density at radius 3 is 2.70 bits per heavy atom. The maximum absolute atomic E-state index is 13.3. The van der Waals surface area contributed by atoms with Gasteiger partial charge in [-0.25, -0.2) is 0 Å². The molecule has 0 radical (unpaired) electrons. The lowest BCUT2D eigenvalue weighted by Gasteiger charge is -2.49. The third-order valence-corrected chi connectivity index (χ3v) is 6.99. The van der Waals surface area contributed by atoms with Crippen LogP contribution in [0.25, 0.3) is 0 Å². The Kier molecular flexibility index (Phi) is 5.52. The van der Waals surface area contributed by atoms with Crippen LogP contribution in [-0.2, 0) is 6.42 Å². The molecule has 0 spiro atoms. The molecule has 1 aliphatic heterocycles. The Morgan fingerprint density at radius 1 is 1.30 bits per heavy atom. The molecule has 0 saturated heterocycles. The highest BCUT2D eigenvalue weighted by Gasteiger charge is 2.48. The number of ketones is 1. The predicted octanol–water partition coefficient (Wildman–Crippen LogP) is 5.91. The average molecular weight is 409 g/mol. The third kappa shape index (κ3) is 3.68. The van der Waals surface area contributed by atoms with Gasteiger partial charge in [-0.2, -0.15) is 0 Å². The summed E-state index contributed by atoms with van der Waals surface area (Å²) in [5.41, 5.74) is 2.09. The van der Waals surface area contributed by atoms with Gasteiger partial charge >= 0.3 is 0 Å². The largest absolute Gasteiger partial charge is 0.507 e. The molecule has 2 bridgehead atoms. The van der Waals surface area contributed by atoms with Crippen molar-refractivity contribution in [2.24, 2.45) is 11.8 Å². The number of ether oxygens (including phenoxy) is 2. The number of methoxy groups -OCH3 is 1. The van der Waals surface area contributed by atoms with E-state index in [1.165, 1.54) is 0 Å². The van der Waals surface area contributed by atoms with Crippen LogP contribution >= 0.6 is 0 Å². The van der Waals surface area contributed by atoms with Crippen molar-refractivity contribution in [3.8, 4) is 17.2 Å². The van der Waals surface area contributed by atoms with Gasteiger partial charge < -0.3 is 14.6 Å². The van der Waals surface area contributed by atoms with E-state index in [1.54, 1.807) is 13.2 Å². The number of carbonyl (C=O) groups is 1. The fourth-order valence-electron chi connectivity index (χ4n) is 5.40. The molecule has 0 amide bonds. The summed E-state index contributed by atoms with van der Waals surface area (Å²) in [5.74, 6) is 2.35. The van der Waals surface area contributed by atoms with Crippen LogP contribution in [0.15, 0.2) is 36.4 Å². The molecule has 4 nitrogen and oxygen atoms in total. The molecule has 4 heteroatoms. The second-order valence-corrected chi connectivity index (χ2v) is 9.43. The van der Waals surface area contributed by atoms with Gasteiger partial charge in [-0.15, -0.1) is 0 Å².